The lowest BCUT2D eigenvalue weighted by molar-refractivity contribution is 0.0314. The molecule has 0 amide bonds. The van der Waals surface area contributed by atoms with E-state index in [1.165, 1.54) is 0 Å². The van der Waals surface area contributed by atoms with Gasteiger partial charge in [0.25, 0.3) is 0 Å². The van der Waals surface area contributed by atoms with E-state index in [1.807, 2.05) is 24.3 Å². The molecule has 4 rings (SSSR count). The average molecular weight is 327 g/mol. The van der Waals surface area contributed by atoms with Gasteiger partial charge in [0.2, 0.25) is 0 Å². The minimum Gasteiger partial charge on any atom is -0.388 e. The van der Waals surface area contributed by atoms with Crippen LogP contribution in [-0.2, 0) is 18.4 Å². The largest absolute Gasteiger partial charge is 0.388 e. The maximum atomic E-state index is 9.46. The van der Waals surface area contributed by atoms with E-state index < -0.39 is 0 Å². The van der Waals surface area contributed by atoms with Gasteiger partial charge in [-0.05, 0) is 22.6 Å². The van der Waals surface area contributed by atoms with Crippen molar-refractivity contribution in [1.82, 2.24) is 30.2 Å². The molecule has 3 heterocycles. The number of ether oxygens (including phenoxy) is 1. The topological polar surface area (TPSA) is 102 Å². The van der Waals surface area contributed by atoms with E-state index in [0.717, 1.165) is 16.7 Å². The van der Waals surface area contributed by atoms with Crippen molar-refractivity contribution >= 4 is 16.7 Å². The van der Waals surface area contributed by atoms with Crippen LogP contribution in [0.4, 0.5) is 5.82 Å². The van der Waals surface area contributed by atoms with E-state index in [1.54, 1.807) is 11.7 Å². The average Bonchev–Trinajstić information content (AvgIpc) is 3.07. The van der Waals surface area contributed by atoms with Gasteiger partial charge >= 0.3 is 0 Å². The first-order valence-electron chi connectivity index (χ1n) is 7.71. The van der Waals surface area contributed by atoms with Crippen molar-refractivity contribution in [3.05, 3.63) is 35.9 Å². The Bertz CT molecular complexity index is 866. The normalized spacial score (nSPS) is 18.2. The fourth-order valence-electron chi connectivity index (χ4n) is 2.93. The zero-order chi connectivity index (χ0) is 16.5. The van der Waals surface area contributed by atoms with Crippen molar-refractivity contribution in [2.45, 2.75) is 12.7 Å². The molecule has 9 heteroatoms. The van der Waals surface area contributed by atoms with Crippen LogP contribution in [0, 0.1) is 0 Å². The van der Waals surface area contributed by atoms with Crippen molar-refractivity contribution in [3.63, 3.8) is 0 Å². The number of hydrogen-bond acceptors (Lipinski definition) is 8. The number of nitrogens with zero attached hydrogens (tertiary/aromatic N) is 7. The monoisotopic (exact) mass is 327 g/mol. The summed E-state index contributed by atoms with van der Waals surface area (Å²) >= 11 is 0. The Labute approximate surface area is 137 Å². The number of benzene rings is 1. The molecular formula is C15H17N7O2. The summed E-state index contributed by atoms with van der Waals surface area (Å²) in [5, 5.41) is 22.0. The zero-order valence-corrected chi connectivity index (χ0v) is 13.2. The third-order valence-electron chi connectivity index (χ3n) is 4.08. The Kier molecular flexibility index (Phi) is 3.79. The standard InChI is InChI=1S/C15H17N7O2/c1-21-15(18-19-20-21)12-8-22(6-7-24-12)14-10-4-2-3-5-11(10)16-13(9-23)17-14/h2-5,12,23H,6-9H2,1H3. The Morgan fingerprint density at radius 3 is 2.96 bits per heavy atom. The van der Waals surface area contributed by atoms with Crippen molar-refractivity contribution < 1.29 is 9.84 Å². The number of anilines is 1. The molecule has 2 aromatic heterocycles. The number of para-hydroxylation sites is 1. The predicted molar refractivity (Wildman–Crippen MR) is 85.2 cm³/mol. The summed E-state index contributed by atoms with van der Waals surface area (Å²) in [6, 6.07) is 7.79. The molecule has 1 fully saturated rings. The molecule has 0 bridgehead atoms. The summed E-state index contributed by atoms with van der Waals surface area (Å²) in [5.41, 5.74) is 0.815. The molecule has 124 valence electrons. The Morgan fingerprint density at radius 1 is 1.29 bits per heavy atom. The van der Waals surface area contributed by atoms with E-state index >= 15 is 0 Å². The molecule has 1 N–H and O–H groups in total. The van der Waals surface area contributed by atoms with Crippen LogP contribution < -0.4 is 4.90 Å². The summed E-state index contributed by atoms with van der Waals surface area (Å²) in [5.74, 6) is 1.89. The smallest absolute Gasteiger partial charge is 0.181 e. The summed E-state index contributed by atoms with van der Waals surface area (Å²) in [6.07, 6.45) is -0.231. The fourth-order valence-corrected chi connectivity index (χ4v) is 2.93. The third-order valence-corrected chi connectivity index (χ3v) is 4.08. The molecule has 1 aromatic carbocycles. The van der Waals surface area contributed by atoms with Crippen LogP contribution in [0.3, 0.4) is 0 Å². The number of morpholine rings is 1. The molecule has 0 spiro atoms. The van der Waals surface area contributed by atoms with Crippen molar-refractivity contribution in [1.29, 1.82) is 0 Å². The Balaban J connectivity index is 1.73. The number of aryl methyl sites for hydroxylation is 1. The molecule has 24 heavy (non-hydrogen) atoms. The SMILES string of the molecule is Cn1nnnc1C1CN(c2nc(CO)nc3ccccc23)CCO1. The zero-order valence-electron chi connectivity index (χ0n) is 13.2. The van der Waals surface area contributed by atoms with Crippen LogP contribution >= 0.6 is 0 Å². The second-order valence-electron chi connectivity index (χ2n) is 5.60. The van der Waals surface area contributed by atoms with E-state index in [0.29, 0.717) is 31.3 Å². The molecule has 3 aromatic rings. The van der Waals surface area contributed by atoms with Gasteiger partial charge < -0.3 is 14.7 Å². The van der Waals surface area contributed by atoms with Crippen molar-refractivity contribution in [2.24, 2.45) is 7.05 Å². The van der Waals surface area contributed by atoms with E-state index in [-0.39, 0.29) is 12.7 Å². The van der Waals surface area contributed by atoms with Crippen LogP contribution in [0.25, 0.3) is 10.9 Å². The fraction of sp³-hybridized carbons (Fsp3) is 0.400. The lowest BCUT2D eigenvalue weighted by Gasteiger charge is -2.33. The highest BCUT2D eigenvalue weighted by Gasteiger charge is 2.28. The lowest BCUT2D eigenvalue weighted by atomic mass is 10.2. The molecule has 0 aliphatic carbocycles. The van der Waals surface area contributed by atoms with Crippen LogP contribution in [0.1, 0.15) is 17.8 Å². The molecule has 9 nitrogen and oxygen atoms in total. The molecule has 0 radical (unpaired) electrons. The van der Waals surface area contributed by atoms with E-state index in [4.69, 9.17) is 4.74 Å². The lowest BCUT2D eigenvalue weighted by Crippen LogP contribution is -2.40. The number of tetrazole rings is 1. The number of aliphatic hydroxyl groups excluding tert-OH is 1. The van der Waals surface area contributed by atoms with Gasteiger partial charge in [-0.3, -0.25) is 0 Å². The van der Waals surface area contributed by atoms with Crippen molar-refractivity contribution in [2.75, 3.05) is 24.6 Å². The number of rotatable bonds is 3. The highest BCUT2D eigenvalue weighted by molar-refractivity contribution is 5.89. The number of hydrogen-bond donors (Lipinski definition) is 1. The van der Waals surface area contributed by atoms with Gasteiger partial charge in [-0.25, -0.2) is 14.6 Å². The van der Waals surface area contributed by atoms with Crippen LogP contribution in [0.15, 0.2) is 24.3 Å². The summed E-state index contributed by atoms with van der Waals surface area (Å²) in [6.45, 7) is 1.64. The number of aliphatic hydroxyl groups is 1. The second-order valence-corrected chi connectivity index (χ2v) is 5.60. The number of aromatic nitrogens is 6. The summed E-state index contributed by atoms with van der Waals surface area (Å²) in [7, 11) is 1.79. The Morgan fingerprint density at radius 2 is 2.17 bits per heavy atom. The first-order chi connectivity index (χ1) is 11.8. The van der Waals surface area contributed by atoms with Gasteiger partial charge in [0.05, 0.1) is 18.7 Å². The summed E-state index contributed by atoms with van der Waals surface area (Å²) in [4.78, 5) is 11.0. The minimum absolute atomic E-state index is 0.196. The molecule has 1 aliphatic heterocycles. The van der Waals surface area contributed by atoms with Gasteiger partial charge in [-0.15, -0.1) is 5.10 Å². The van der Waals surface area contributed by atoms with Crippen LogP contribution in [0.5, 0.6) is 0 Å². The van der Waals surface area contributed by atoms with Gasteiger partial charge in [0.1, 0.15) is 18.5 Å². The molecule has 1 atom stereocenters. The van der Waals surface area contributed by atoms with Crippen molar-refractivity contribution in [3.8, 4) is 0 Å². The maximum Gasteiger partial charge on any atom is 0.181 e. The third kappa shape index (κ3) is 2.57. The van der Waals surface area contributed by atoms with Gasteiger partial charge in [-0.2, -0.15) is 0 Å². The highest BCUT2D eigenvalue weighted by atomic mass is 16.5. The molecular weight excluding hydrogens is 310 g/mol. The van der Waals surface area contributed by atoms with Gasteiger partial charge in [-0.1, -0.05) is 12.1 Å². The molecule has 1 unspecified atom stereocenters. The second kappa shape index (κ2) is 6.10. The number of fused-ring (bicyclic) bond motifs is 1. The van der Waals surface area contributed by atoms with E-state index in [2.05, 4.69) is 30.4 Å². The predicted octanol–water partition coefficient (Wildman–Crippen LogP) is 0.223. The molecule has 1 saturated heterocycles. The molecule has 1 aliphatic rings. The molecule has 0 saturated carbocycles. The highest BCUT2D eigenvalue weighted by Crippen LogP contribution is 2.28. The first-order valence-corrected chi connectivity index (χ1v) is 7.71. The van der Waals surface area contributed by atoms with Crippen LogP contribution in [-0.4, -0.2) is 55.0 Å². The maximum absolute atomic E-state index is 9.46. The Hall–Kier alpha value is -2.65. The first kappa shape index (κ1) is 14.9. The quantitative estimate of drug-likeness (QED) is 0.729. The summed E-state index contributed by atoms with van der Waals surface area (Å²) < 4.78 is 7.44. The van der Waals surface area contributed by atoms with Gasteiger partial charge in [0.15, 0.2) is 11.6 Å². The minimum atomic E-state index is -0.231. The van der Waals surface area contributed by atoms with Crippen LogP contribution in [0.2, 0.25) is 0 Å². The van der Waals surface area contributed by atoms with E-state index in [9.17, 15) is 5.11 Å². The van der Waals surface area contributed by atoms with Gasteiger partial charge in [0, 0.05) is 19.0 Å².